The second kappa shape index (κ2) is 8.59. The predicted molar refractivity (Wildman–Crippen MR) is 99.7 cm³/mol. The number of benzene rings is 1. The summed E-state index contributed by atoms with van der Waals surface area (Å²) in [6.45, 7) is 3.93. The average Bonchev–Trinajstić information content (AvgIpc) is 3.04. The number of amides is 1. The first-order chi connectivity index (χ1) is 11.9. The van der Waals surface area contributed by atoms with E-state index >= 15 is 0 Å². The van der Waals surface area contributed by atoms with Gasteiger partial charge in [0.2, 0.25) is 11.0 Å². The SMILES string of the molecule is CCCCC(=O)Nc1nnc(S(=O)(=O)N(CC)c2ccc(Cl)cc2)s1. The van der Waals surface area contributed by atoms with Crippen LogP contribution in [0.2, 0.25) is 5.02 Å². The summed E-state index contributed by atoms with van der Waals surface area (Å²) in [4.78, 5) is 11.7. The minimum absolute atomic E-state index is 0.171. The van der Waals surface area contributed by atoms with Crippen LogP contribution in [0.5, 0.6) is 0 Å². The zero-order valence-corrected chi connectivity index (χ0v) is 16.3. The van der Waals surface area contributed by atoms with Crippen LogP contribution in [0.1, 0.15) is 33.1 Å². The lowest BCUT2D eigenvalue weighted by Gasteiger charge is -2.21. The van der Waals surface area contributed by atoms with E-state index in [0.717, 1.165) is 24.2 Å². The normalized spacial score (nSPS) is 11.3. The van der Waals surface area contributed by atoms with E-state index in [-0.39, 0.29) is 21.9 Å². The van der Waals surface area contributed by atoms with Crippen molar-refractivity contribution in [3.05, 3.63) is 29.3 Å². The molecule has 1 N–H and O–H groups in total. The Kier molecular flexibility index (Phi) is 6.74. The number of aromatic nitrogens is 2. The summed E-state index contributed by atoms with van der Waals surface area (Å²) in [7, 11) is -3.87. The fraction of sp³-hybridized carbons (Fsp3) is 0.400. The van der Waals surface area contributed by atoms with Crippen molar-refractivity contribution >= 4 is 49.7 Å². The van der Waals surface area contributed by atoms with Gasteiger partial charge in [-0.1, -0.05) is 36.3 Å². The molecule has 0 radical (unpaired) electrons. The summed E-state index contributed by atoms with van der Waals surface area (Å²) in [5.41, 5.74) is 0.482. The number of nitrogens with one attached hydrogen (secondary N) is 1. The summed E-state index contributed by atoms with van der Waals surface area (Å²) in [5, 5.41) is 10.8. The summed E-state index contributed by atoms with van der Waals surface area (Å²) in [5.74, 6) is -0.202. The third-order valence-corrected chi connectivity index (χ3v) is 6.66. The van der Waals surface area contributed by atoms with Crippen LogP contribution >= 0.6 is 22.9 Å². The molecule has 0 spiro atoms. The van der Waals surface area contributed by atoms with Gasteiger partial charge in [0.1, 0.15) is 0 Å². The molecule has 0 aliphatic heterocycles. The molecule has 1 amide bonds. The average molecular weight is 403 g/mol. The van der Waals surface area contributed by atoms with E-state index in [2.05, 4.69) is 15.5 Å². The molecule has 0 bridgehead atoms. The largest absolute Gasteiger partial charge is 0.301 e. The van der Waals surface area contributed by atoms with Crippen LogP contribution in [0, 0.1) is 0 Å². The Morgan fingerprint density at radius 1 is 1.24 bits per heavy atom. The van der Waals surface area contributed by atoms with Crippen LogP contribution in [0.3, 0.4) is 0 Å². The van der Waals surface area contributed by atoms with E-state index in [1.165, 1.54) is 4.31 Å². The molecule has 1 aromatic carbocycles. The summed E-state index contributed by atoms with van der Waals surface area (Å²) in [6, 6.07) is 6.48. The Bertz CT molecular complexity index is 822. The predicted octanol–water partition coefficient (Wildman–Crippen LogP) is 3.54. The van der Waals surface area contributed by atoms with Gasteiger partial charge in [-0.2, -0.15) is 8.42 Å². The van der Waals surface area contributed by atoms with E-state index in [1.807, 2.05) is 6.92 Å². The third kappa shape index (κ3) is 4.90. The lowest BCUT2D eigenvalue weighted by atomic mass is 10.2. The van der Waals surface area contributed by atoms with Gasteiger partial charge in [-0.15, -0.1) is 10.2 Å². The maximum atomic E-state index is 12.8. The van der Waals surface area contributed by atoms with Crippen LogP contribution in [-0.2, 0) is 14.8 Å². The number of hydrogen-bond acceptors (Lipinski definition) is 6. The van der Waals surface area contributed by atoms with Crippen molar-refractivity contribution in [2.45, 2.75) is 37.4 Å². The lowest BCUT2D eigenvalue weighted by Crippen LogP contribution is -2.30. The van der Waals surface area contributed by atoms with Gasteiger partial charge in [0.05, 0.1) is 5.69 Å². The lowest BCUT2D eigenvalue weighted by molar-refractivity contribution is -0.116. The van der Waals surface area contributed by atoms with Crippen molar-refractivity contribution in [3.8, 4) is 0 Å². The Labute approximate surface area is 156 Å². The van der Waals surface area contributed by atoms with Crippen LogP contribution in [0.15, 0.2) is 28.6 Å². The fourth-order valence-electron chi connectivity index (χ4n) is 2.08. The zero-order valence-electron chi connectivity index (χ0n) is 13.9. The second-order valence-electron chi connectivity index (χ2n) is 5.17. The number of halogens is 1. The maximum absolute atomic E-state index is 12.8. The van der Waals surface area contributed by atoms with Crippen molar-refractivity contribution < 1.29 is 13.2 Å². The number of rotatable bonds is 8. The number of nitrogens with zero attached hydrogens (tertiary/aromatic N) is 3. The highest BCUT2D eigenvalue weighted by Crippen LogP contribution is 2.28. The van der Waals surface area contributed by atoms with Gasteiger partial charge < -0.3 is 5.32 Å². The first kappa shape index (κ1) is 19.6. The number of carbonyl (C=O) groups excluding carboxylic acids is 1. The number of anilines is 2. The second-order valence-corrected chi connectivity index (χ2v) is 8.62. The van der Waals surface area contributed by atoms with Crippen molar-refractivity contribution in [1.29, 1.82) is 0 Å². The number of carbonyl (C=O) groups is 1. The molecule has 1 aromatic heterocycles. The van der Waals surface area contributed by atoms with Gasteiger partial charge in [-0.05, 0) is 37.6 Å². The number of unbranched alkanes of at least 4 members (excludes halogenated alkanes) is 1. The highest BCUT2D eigenvalue weighted by molar-refractivity contribution is 7.94. The molecule has 0 unspecified atom stereocenters. The molecule has 0 aliphatic carbocycles. The topological polar surface area (TPSA) is 92.3 Å². The molecule has 0 aliphatic rings. The Balaban J connectivity index is 2.21. The molecule has 0 atom stereocenters. The van der Waals surface area contributed by atoms with E-state index in [0.29, 0.717) is 17.1 Å². The minimum atomic E-state index is -3.87. The van der Waals surface area contributed by atoms with Gasteiger partial charge in [0.15, 0.2) is 0 Å². The highest BCUT2D eigenvalue weighted by Gasteiger charge is 2.28. The Morgan fingerprint density at radius 3 is 2.52 bits per heavy atom. The zero-order chi connectivity index (χ0) is 18.4. The quantitative estimate of drug-likeness (QED) is 0.682. The molecule has 25 heavy (non-hydrogen) atoms. The van der Waals surface area contributed by atoms with E-state index in [4.69, 9.17) is 11.6 Å². The number of sulfonamides is 1. The molecule has 10 heteroatoms. The van der Waals surface area contributed by atoms with Crippen LogP contribution in [-0.4, -0.2) is 31.1 Å². The third-order valence-electron chi connectivity index (χ3n) is 3.32. The summed E-state index contributed by atoms with van der Waals surface area (Å²) in [6.07, 6.45) is 2.02. The molecule has 0 saturated heterocycles. The van der Waals surface area contributed by atoms with Gasteiger partial charge in [0.25, 0.3) is 14.4 Å². The highest BCUT2D eigenvalue weighted by atomic mass is 35.5. The van der Waals surface area contributed by atoms with Crippen LogP contribution < -0.4 is 9.62 Å². The minimum Gasteiger partial charge on any atom is -0.301 e. The van der Waals surface area contributed by atoms with E-state index < -0.39 is 10.0 Å². The first-order valence-electron chi connectivity index (χ1n) is 7.80. The van der Waals surface area contributed by atoms with Gasteiger partial charge in [0, 0.05) is 18.0 Å². The molecular formula is C15H19ClN4O3S2. The smallest absolute Gasteiger partial charge is 0.293 e. The molecule has 0 saturated carbocycles. The number of hydrogen-bond donors (Lipinski definition) is 1. The van der Waals surface area contributed by atoms with Gasteiger partial charge in [-0.3, -0.25) is 9.10 Å². The molecule has 1 heterocycles. The Morgan fingerprint density at radius 2 is 1.92 bits per heavy atom. The van der Waals surface area contributed by atoms with Crippen LogP contribution in [0.4, 0.5) is 10.8 Å². The van der Waals surface area contributed by atoms with Gasteiger partial charge >= 0.3 is 0 Å². The van der Waals surface area contributed by atoms with Crippen molar-refractivity contribution in [2.75, 3.05) is 16.2 Å². The standard InChI is InChI=1S/C15H19ClN4O3S2/c1-3-5-6-13(21)17-14-18-19-15(24-14)25(22,23)20(4-2)12-9-7-11(16)8-10-12/h7-10H,3-6H2,1-2H3,(H,17,18,21). The molecule has 2 rings (SSSR count). The first-order valence-corrected chi connectivity index (χ1v) is 10.4. The Hall–Kier alpha value is -1.71. The van der Waals surface area contributed by atoms with Crippen LogP contribution in [0.25, 0.3) is 0 Å². The molecule has 2 aromatic rings. The van der Waals surface area contributed by atoms with E-state index in [1.54, 1.807) is 31.2 Å². The summed E-state index contributed by atoms with van der Waals surface area (Å²) >= 11 is 6.68. The fourth-order valence-corrected chi connectivity index (χ4v) is 4.70. The molecule has 0 fully saturated rings. The molecule has 7 nitrogen and oxygen atoms in total. The van der Waals surface area contributed by atoms with Crippen molar-refractivity contribution in [1.82, 2.24) is 10.2 Å². The van der Waals surface area contributed by atoms with Crippen molar-refractivity contribution in [2.24, 2.45) is 0 Å². The monoisotopic (exact) mass is 402 g/mol. The molecular weight excluding hydrogens is 384 g/mol. The summed E-state index contributed by atoms with van der Waals surface area (Å²) < 4.78 is 26.7. The van der Waals surface area contributed by atoms with E-state index in [9.17, 15) is 13.2 Å². The maximum Gasteiger partial charge on any atom is 0.293 e. The molecule has 136 valence electrons. The van der Waals surface area contributed by atoms with Gasteiger partial charge in [-0.25, -0.2) is 0 Å². The van der Waals surface area contributed by atoms with Crippen molar-refractivity contribution in [3.63, 3.8) is 0 Å².